The first kappa shape index (κ1) is 23.1. The molecule has 2 aromatic rings. The number of esters is 1. The van der Waals surface area contributed by atoms with Crippen LogP contribution in [-0.4, -0.2) is 23.2 Å². The van der Waals surface area contributed by atoms with Gasteiger partial charge in [0.15, 0.2) is 0 Å². The van der Waals surface area contributed by atoms with Crippen LogP contribution in [0.2, 0.25) is 0 Å². The van der Waals surface area contributed by atoms with E-state index in [9.17, 15) is 4.79 Å². The maximum atomic E-state index is 12.3. The van der Waals surface area contributed by atoms with Gasteiger partial charge < -0.3 is 9.47 Å². The molecule has 2 rings (SSSR count). The van der Waals surface area contributed by atoms with Crippen LogP contribution in [0, 0.1) is 12.3 Å². The Labute approximate surface area is 181 Å². The van der Waals surface area contributed by atoms with Crippen LogP contribution >= 0.6 is 27.5 Å². The van der Waals surface area contributed by atoms with E-state index in [2.05, 4.69) is 20.9 Å². The molecule has 0 amide bonds. The van der Waals surface area contributed by atoms with Gasteiger partial charge in [0.25, 0.3) is 0 Å². The lowest BCUT2D eigenvalue weighted by molar-refractivity contribution is -0.162. The summed E-state index contributed by atoms with van der Waals surface area (Å²) in [7, 11) is 0. The Morgan fingerprint density at radius 2 is 1.86 bits per heavy atom. The minimum atomic E-state index is -0.566. The molecule has 0 fully saturated rings. The van der Waals surface area contributed by atoms with Crippen LogP contribution in [0.1, 0.15) is 64.5 Å². The molecule has 0 saturated carbocycles. The summed E-state index contributed by atoms with van der Waals surface area (Å²) in [5, 5.41) is 0.971. The van der Waals surface area contributed by atoms with E-state index < -0.39 is 17.1 Å². The summed E-state index contributed by atoms with van der Waals surface area (Å²) >= 11 is 9.67. The topological polar surface area (TPSA) is 48.4 Å². The summed E-state index contributed by atoms with van der Waals surface area (Å²) in [6, 6.07) is 5.94. The van der Waals surface area contributed by atoms with Crippen molar-refractivity contribution < 1.29 is 14.3 Å². The predicted molar refractivity (Wildman–Crippen MR) is 118 cm³/mol. The molecule has 1 atom stereocenters. The number of halogens is 2. The number of nitrogens with zero attached hydrogens (tertiary/aromatic N) is 1. The Morgan fingerprint density at radius 1 is 1.21 bits per heavy atom. The first-order chi connectivity index (χ1) is 12.8. The number of ether oxygens (including phenoxy) is 2. The molecule has 0 spiro atoms. The van der Waals surface area contributed by atoms with Crippen LogP contribution in [0.3, 0.4) is 0 Å². The van der Waals surface area contributed by atoms with Gasteiger partial charge in [-0.1, -0.05) is 0 Å². The average Bonchev–Trinajstić information content (AvgIpc) is 2.56. The number of benzene rings is 1. The highest BCUT2D eigenvalue weighted by Gasteiger charge is 2.29. The number of aromatic nitrogens is 1. The number of hydrogen-bond acceptors (Lipinski definition) is 4. The molecular weight excluding hydrogens is 442 g/mol. The number of hydrogen-bond donors (Lipinski definition) is 0. The lowest BCUT2D eigenvalue weighted by atomic mass is 9.97. The second-order valence-electron chi connectivity index (χ2n) is 8.99. The van der Waals surface area contributed by atoms with E-state index in [1.807, 2.05) is 66.7 Å². The van der Waals surface area contributed by atoms with Gasteiger partial charge in [-0.05, 0) is 88.2 Å². The smallest absolute Gasteiger partial charge is 0.311 e. The molecule has 0 saturated heterocycles. The van der Waals surface area contributed by atoms with Gasteiger partial charge in [-0.15, -0.1) is 11.6 Å². The zero-order chi connectivity index (χ0) is 21.3. The highest BCUT2D eigenvalue weighted by Crippen LogP contribution is 2.37. The molecule has 0 aliphatic rings. The van der Waals surface area contributed by atoms with Crippen LogP contribution in [0.5, 0.6) is 0 Å². The Hall–Kier alpha value is -1.17. The number of fused-ring (bicyclic) bond motifs is 1. The molecule has 154 valence electrons. The largest absolute Gasteiger partial charge is 0.462 e. The molecule has 0 unspecified atom stereocenters. The molecule has 28 heavy (non-hydrogen) atoms. The van der Waals surface area contributed by atoms with Crippen molar-refractivity contribution >= 4 is 44.4 Å². The van der Waals surface area contributed by atoms with Crippen molar-refractivity contribution in [3.05, 3.63) is 39.5 Å². The van der Waals surface area contributed by atoms with Gasteiger partial charge in [0.1, 0.15) is 12.7 Å². The number of carbonyl (C=O) groups excluding carboxylic acids is 1. The van der Waals surface area contributed by atoms with Crippen LogP contribution in [0.4, 0.5) is 0 Å². The average molecular weight is 471 g/mol. The zero-order valence-corrected chi connectivity index (χ0v) is 20.0. The van der Waals surface area contributed by atoms with E-state index in [1.165, 1.54) is 0 Å². The van der Waals surface area contributed by atoms with Gasteiger partial charge in [-0.25, -0.2) is 0 Å². The standard InChI is InChI=1S/C22H29BrClNO3/c1-13-10-16-15(9-8-14(11-24)25-16)19(23)18(13)17(28-22(5,6)7)12-27-20(26)21(2,3)4/h8-10,17H,11-12H2,1-7H3/t17-/m1/s1. The van der Waals surface area contributed by atoms with Gasteiger partial charge in [0.05, 0.1) is 28.1 Å². The summed E-state index contributed by atoms with van der Waals surface area (Å²) in [5.41, 5.74) is 2.70. The summed E-state index contributed by atoms with van der Waals surface area (Å²) in [6.45, 7) is 13.6. The van der Waals surface area contributed by atoms with Gasteiger partial charge in [0.2, 0.25) is 0 Å². The van der Waals surface area contributed by atoms with Gasteiger partial charge in [-0.3, -0.25) is 9.78 Å². The Morgan fingerprint density at radius 3 is 2.39 bits per heavy atom. The Balaban J connectivity index is 2.49. The SMILES string of the molecule is Cc1cc2nc(CCl)ccc2c(Br)c1[C@@H](COC(=O)C(C)(C)C)OC(C)(C)C. The summed E-state index contributed by atoms with van der Waals surface area (Å²) in [4.78, 5) is 16.9. The van der Waals surface area contributed by atoms with Crippen molar-refractivity contribution in [1.29, 1.82) is 0 Å². The van der Waals surface area contributed by atoms with Crippen molar-refractivity contribution in [1.82, 2.24) is 4.98 Å². The fourth-order valence-corrected chi connectivity index (χ4v) is 3.91. The van der Waals surface area contributed by atoms with E-state index in [4.69, 9.17) is 21.1 Å². The third-order valence-corrected chi connectivity index (χ3v) is 5.29. The number of alkyl halides is 1. The minimum Gasteiger partial charge on any atom is -0.462 e. The van der Waals surface area contributed by atoms with Crippen LogP contribution in [0.15, 0.2) is 22.7 Å². The van der Waals surface area contributed by atoms with E-state index in [0.717, 1.165) is 32.2 Å². The van der Waals surface area contributed by atoms with Crippen molar-refractivity contribution in [3.63, 3.8) is 0 Å². The van der Waals surface area contributed by atoms with Gasteiger partial charge in [0, 0.05) is 15.4 Å². The molecular formula is C22H29BrClNO3. The van der Waals surface area contributed by atoms with Crippen molar-refractivity contribution in [2.24, 2.45) is 5.41 Å². The molecule has 4 nitrogen and oxygen atoms in total. The van der Waals surface area contributed by atoms with Crippen molar-refractivity contribution in [2.75, 3.05) is 6.61 Å². The number of aryl methyl sites for hydroxylation is 1. The number of pyridine rings is 1. The minimum absolute atomic E-state index is 0.144. The monoisotopic (exact) mass is 469 g/mol. The van der Waals surface area contributed by atoms with Gasteiger partial charge >= 0.3 is 5.97 Å². The van der Waals surface area contributed by atoms with E-state index in [-0.39, 0.29) is 12.6 Å². The number of rotatable bonds is 5. The maximum absolute atomic E-state index is 12.3. The summed E-state index contributed by atoms with van der Waals surface area (Å²) < 4.78 is 12.8. The third-order valence-electron chi connectivity index (χ3n) is 4.17. The zero-order valence-electron chi connectivity index (χ0n) is 17.7. The molecule has 1 heterocycles. The number of carbonyl (C=O) groups is 1. The van der Waals surface area contributed by atoms with Crippen LogP contribution in [-0.2, 0) is 20.1 Å². The first-order valence-corrected chi connectivity index (χ1v) is 10.7. The Kier molecular flexibility index (Phi) is 7.17. The molecule has 0 N–H and O–H groups in total. The van der Waals surface area contributed by atoms with Crippen molar-refractivity contribution in [3.8, 4) is 0 Å². The van der Waals surface area contributed by atoms with Crippen molar-refractivity contribution in [2.45, 2.75) is 66.1 Å². The van der Waals surface area contributed by atoms with E-state index in [1.54, 1.807) is 0 Å². The lowest BCUT2D eigenvalue weighted by Gasteiger charge is -2.30. The summed E-state index contributed by atoms with van der Waals surface area (Å²) in [5.74, 6) is 0.116. The van der Waals surface area contributed by atoms with Crippen LogP contribution in [0.25, 0.3) is 10.9 Å². The molecule has 0 aliphatic heterocycles. The maximum Gasteiger partial charge on any atom is 0.311 e. The fourth-order valence-electron chi connectivity index (χ4n) is 2.85. The van der Waals surface area contributed by atoms with Crippen LogP contribution < -0.4 is 0 Å². The molecule has 0 aliphatic carbocycles. The Bertz CT molecular complexity index is 869. The first-order valence-electron chi connectivity index (χ1n) is 9.33. The second-order valence-corrected chi connectivity index (χ2v) is 10.1. The molecule has 0 bridgehead atoms. The molecule has 0 radical (unpaired) electrons. The third kappa shape index (κ3) is 5.68. The quantitative estimate of drug-likeness (QED) is 0.370. The molecule has 1 aromatic carbocycles. The highest BCUT2D eigenvalue weighted by atomic mass is 79.9. The predicted octanol–water partition coefficient (Wildman–Crippen LogP) is 6.49. The fraction of sp³-hybridized carbons (Fsp3) is 0.545. The van der Waals surface area contributed by atoms with E-state index in [0.29, 0.717) is 5.88 Å². The lowest BCUT2D eigenvalue weighted by Crippen LogP contribution is -2.30. The normalized spacial score (nSPS) is 13.6. The van der Waals surface area contributed by atoms with Gasteiger partial charge in [-0.2, -0.15) is 0 Å². The second kappa shape index (κ2) is 8.68. The molecule has 1 aromatic heterocycles. The summed E-state index contributed by atoms with van der Waals surface area (Å²) in [6.07, 6.45) is -0.405. The molecule has 6 heteroatoms. The highest BCUT2D eigenvalue weighted by molar-refractivity contribution is 9.10. The van der Waals surface area contributed by atoms with E-state index >= 15 is 0 Å².